The van der Waals surface area contributed by atoms with Gasteiger partial charge in [-0.05, 0) is 12.5 Å². The quantitative estimate of drug-likeness (QED) is 0.762. The number of carboxylic acids is 1. The molecule has 0 radical (unpaired) electrons. The second kappa shape index (κ2) is 4.21. The van der Waals surface area contributed by atoms with Crippen LogP contribution in [0.15, 0.2) is 18.5 Å². The predicted molar refractivity (Wildman–Crippen MR) is 66.5 cm³/mol. The summed E-state index contributed by atoms with van der Waals surface area (Å²) in [5.41, 5.74) is 2.45. The van der Waals surface area contributed by atoms with Crippen molar-refractivity contribution in [3.8, 4) is 11.3 Å². The third kappa shape index (κ3) is 1.75. The fraction of sp³-hybridized carbons (Fsp3) is 0.333. The van der Waals surface area contributed by atoms with E-state index in [-0.39, 0.29) is 6.42 Å². The van der Waals surface area contributed by atoms with Crippen LogP contribution in [0.5, 0.6) is 0 Å². The van der Waals surface area contributed by atoms with E-state index in [1.54, 1.807) is 0 Å². The summed E-state index contributed by atoms with van der Waals surface area (Å²) in [5.74, 6) is -0.0613. The zero-order valence-corrected chi connectivity index (χ0v) is 9.81. The fourth-order valence-corrected chi connectivity index (χ4v) is 2.32. The number of H-pyrrole nitrogens is 1. The van der Waals surface area contributed by atoms with Crippen molar-refractivity contribution < 1.29 is 9.90 Å². The van der Waals surface area contributed by atoms with E-state index in [4.69, 9.17) is 5.11 Å². The second-order valence-electron chi connectivity index (χ2n) is 4.33. The van der Waals surface area contributed by atoms with Crippen molar-refractivity contribution in [2.24, 2.45) is 0 Å². The lowest BCUT2D eigenvalue weighted by atomic mass is 10.1. The van der Waals surface area contributed by atoms with Gasteiger partial charge >= 0.3 is 5.97 Å². The van der Waals surface area contributed by atoms with E-state index in [0.717, 1.165) is 42.4 Å². The van der Waals surface area contributed by atoms with Crippen LogP contribution in [0.25, 0.3) is 11.3 Å². The van der Waals surface area contributed by atoms with Gasteiger partial charge in [0.15, 0.2) is 0 Å². The molecule has 6 heteroatoms. The second-order valence-corrected chi connectivity index (χ2v) is 4.33. The molecule has 0 saturated heterocycles. The predicted octanol–water partition coefficient (Wildman–Crippen LogP) is 1.32. The van der Waals surface area contributed by atoms with Gasteiger partial charge in [0.2, 0.25) is 5.95 Å². The Morgan fingerprint density at radius 3 is 3.17 bits per heavy atom. The maximum Gasteiger partial charge on any atom is 0.309 e. The highest BCUT2D eigenvalue weighted by molar-refractivity contribution is 5.75. The fourth-order valence-electron chi connectivity index (χ4n) is 2.32. The van der Waals surface area contributed by atoms with E-state index in [2.05, 4.69) is 15.3 Å². The average molecular weight is 246 g/mol. The number of nitrogens with zero attached hydrogens (tertiary/aromatic N) is 2. The number of aliphatic carboxylic acids is 1. The highest BCUT2D eigenvalue weighted by atomic mass is 16.4. The summed E-state index contributed by atoms with van der Waals surface area (Å²) in [4.78, 5) is 18.5. The first-order chi connectivity index (χ1) is 8.75. The molecule has 3 N–H and O–H groups in total. The number of nitrogens with one attached hydrogen (secondary N) is 2. The summed E-state index contributed by atoms with van der Waals surface area (Å²) in [7, 11) is 0. The van der Waals surface area contributed by atoms with Crippen LogP contribution >= 0.6 is 0 Å². The topological polar surface area (TPSA) is 82.9 Å². The summed E-state index contributed by atoms with van der Waals surface area (Å²) in [5, 5.41) is 12.2. The van der Waals surface area contributed by atoms with Gasteiger partial charge in [0.1, 0.15) is 0 Å². The monoisotopic (exact) mass is 246 g/mol. The Labute approximate surface area is 104 Å². The molecule has 6 nitrogen and oxygen atoms in total. The van der Waals surface area contributed by atoms with Gasteiger partial charge in [-0.15, -0.1) is 0 Å². The summed E-state index contributed by atoms with van der Waals surface area (Å²) in [6.45, 7) is 1.71. The molecule has 0 bridgehead atoms. The van der Waals surface area contributed by atoms with Crippen molar-refractivity contribution in [2.45, 2.75) is 19.4 Å². The Morgan fingerprint density at radius 1 is 1.56 bits per heavy atom. The maximum atomic E-state index is 11.0. The van der Waals surface area contributed by atoms with E-state index in [0.29, 0.717) is 0 Å². The van der Waals surface area contributed by atoms with Crippen molar-refractivity contribution in [1.82, 2.24) is 14.5 Å². The highest BCUT2D eigenvalue weighted by Gasteiger charge is 2.22. The molecule has 0 spiro atoms. The minimum atomic E-state index is -0.833. The number of hydrogen-bond acceptors (Lipinski definition) is 3. The Hall–Kier alpha value is -2.24. The number of carboxylic acid groups (broad SMARTS) is 1. The van der Waals surface area contributed by atoms with Crippen molar-refractivity contribution in [3.05, 3.63) is 24.2 Å². The molecule has 3 rings (SSSR count). The number of fused-ring (bicyclic) bond motifs is 1. The number of aromatic amines is 1. The van der Waals surface area contributed by atoms with E-state index >= 15 is 0 Å². The zero-order chi connectivity index (χ0) is 12.5. The van der Waals surface area contributed by atoms with Crippen LogP contribution in [-0.2, 0) is 17.8 Å². The van der Waals surface area contributed by atoms with Crippen LogP contribution in [0, 0.1) is 0 Å². The Kier molecular flexibility index (Phi) is 2.55. The van der Waals surface area contributed by atoms with Gasteiger partial charge in [0.25, 0.3) is 0 Å². The van der Waals surface area contributed by atoms with E-state index in [1.807, 2.05) is 23.0 Å². The molecule has 0 aromatic carbocycles. The number of imidazole rings is 1. The molecule has 0 fully saturated rings. The molecule has 0 aliphatic carbocycles. The van der Waals surface area contributed by atoms with Gasteiger partial charge in [-0.25, -0.2) is 4.98 Å². The molecule has 2 aromatic heterocycles. The summed E-state index contributed by atoms with van der Waals surface area (Å²) < 4.78 is 1.97. The molecule has 1 aliphatic rings. The maximum absolute atomic E-state index is 11.0. The van der Waals surface area contributed by atoms with Crippen LogP contribution in [0.1, 0.15) is 12.1 Å². The van der Waals surface area contributed by atoms with E-state index < -0.39 is 5.97 Å². The summed E-state index contributed by atoms with van der Waals surface area (Å²) in [6, 6.07) is 1.90. The molecule has 2 aromatic rings. The molecule has 0 saturated carbocycles. The van der Waals surface area contributed by atoms with Crippen LogP contribution in [0.3, 0.4) is 0 Å². The van der Waals surface area contributed by atoms with Crippen molar-refractivity contribution in [1.29, 1.82) is 0 Å². The van der Waals surface area contributed by atoms with Crippen LogP contribution < -0.4 is 5.32 Å². The Morgan fingerprint density at radius 2 is 2.44 bits per heavy atom. The van der Waals surface area contributed by atoms with Gasteiger partial charge in [-0.1, -0.05) is 0 Å². The molecule has 0 unspecified atom stereocenters. The van der Waals surface area contributed by atoms with Crippen LogP contribution in [-0.4, -0.2) is 32.2 Å². The largest absolute Gasteiger partial charge is 0.481 e. The lowest BCUT2D eigenvalue weighted by molar-refractivity contribution is -0.136. The number of carbonyl (C=O) groups is 1. The number of hydrogen-bond donors (Lipinski definition) is 3. The molecular weight excluding hydrogens is 232 g/mol. The van der Waals surface area contributed by atoms with Gasteiger partial charge in [-0.2, -0.15) is 0 Å². The van der Waals surface area contributed by atoms with Gasteiger partial charge in [0.05, 0.1) is 17.8 Å². The minimum absolute atomic E-state index is 0.00477. The summed E-state index contributed by atoms with van der Waals surface area (Å²) in [6.07, 6.45) is 4.63. The lowest BCUT2D eigenvalue weighted by Gasteiger charge is -2.17. The molecule has 1 aliphatic heterocycles. The normalized spacial score (nSPS) is 14.0. The molecule has 18 heavy (non-hydrogen) atoms. The van der Waals surface area contributed by atoms with E-state index in [1.165, 1.54) is 0 Å². The third-order valence-electron chi connectivity index (χ3n) is 3.10. The van der Waals surface area contributed by atoms with Crippen molar-refractivity contribution in [3.63, 3.8) is 0 Å². The minimum Gasteiger partial charge on any atom is -0.481 e. The standard InChI is InChI=1S/C12H14N4O2/c17-10(18)6-9-11(8-2-4-13-7-8)15-12-14-3-1-5-16(9)12/h2,4,7,13H,1,3,5-6H2,(H,14,15)(H,17,18). The van der Waals surface area contributed by atoms with E-state index in [9.17, 15) is 4.79 Å². The van der Waals surface area contributed by atoms with Gasteiger partial charge in [-0.3, -0.25) is 4.79 Å². The number of anilines is 1. The Balaban J connectivity index is 2.12. The van der Waals surface area contributed by atoms with Gasteiger partial charge < -0.3 is 20.0 Å². The van der Waals surface area contributed by atoms with Crippen LogP contribution in [0.4, 0.5) is 5.95 Å². The van der Waals surface area contributed by atoms with Crippen molar-refractivity contribution >= 4 is 11.9 Å². The lowest BCUT2D eigenvalue weighted by Crippen LogP contribution is -2.19. The molecule has 3 heterocycles. The molecule has 94 valence electrons. The van der Waals surface area contributed by atoms with Crippen LogP contribution in [0.2, 0.25) is 0 Å². The third-order valence-corrected chi connectivity index (χ3v) is 3.10. The first-order valence-electron chi connectivity index (χ1n) is 5.94. The van der Waals surface area contributed by atoms with Crippen molar-refractivity contribution in [2.75, 3.05) is 11.9 Å². The average Bonchev–Trinajstić information content (AvgIpc) is 2.96. The number of aromatic nitrogens is 3. The highest BCUT2D eigenvalue weighted by Crippen LogP contribution is 2.28. The SMILES string of the molecule is O=C(O)Cc1c(-c2cc[nH]c2)nc2n1CCCN2. The first kappa shape index (κ1) is 10.9. The Bertz CT molecular complexity index is 571. The molecular formula is C12H14N4O2. The summed E-state index contributed by atoms with van der Waals surface area (Å²) >= 11 is 0. The zero-order valence-electron chi connectivity index (χ0n) is 9.81. The molecule has 0 amide bonds. The van der Waals surface area contributed by atoms with Gasteiger partial charge in [0, 0.05) is 31.0 Å². The molecule has 0 atom stereocenters. The number of rotatable bonds is 3. The smallest absolute Gasteiger partial charge is 0.309 e. The first-order valence-corrected chi connectivity index (χ1v) is 5.94.